The number of halogens is 1. The normalized spacial score (nSPS) is 21.6. The standard InChI is InChI=1S/C14H18ClNO2/c15-11-3-1-2-10(6-11)14(7-16-12-4-5-12)18-13-8-17-9-13/h1-3,6,12-14,16H,4-5,7-9H2. The van der Waals surface area contributed by atoms with Gasteiger partial charge in [-0.15, -0.1) is 0 Å². The van der Waals surface area contributed by atoms with E-state index in [1.54, 1.807) is 0 Å². The molecule has 1 saturated carbocycles. The van der Waals surface area contributed by atoms with Crippen LogP contribution in [0.15, 0.2) is 24.3 Å². The third-order valence-electron chi connectivity index (χ3n) is 3.35. The molecule has 0 aromatic heterocycles. The van der Waals surface area contributed by atoms with Gasteiger partial charge in [0, 0.05) is 17.6 Å². The van der Waals surface area contributed by atoms with Gasteiger partial charge in [0.2, 0.25) is 0 Å². The molecular formula is C14H18ClNO2. The van der Waals surface area contributed by atoms with E-state index in [0.29, 0.717) is 19.3 Å². The maximum Gasteiger partial charge on any atom is 0.105 e. The van der Waals surface area contributed by atoms with Gasteiger partial charge in [0.05, 0.1) is 19.3 Å². The smallest absolute Gasteiger partial charge is 0.105 e. The summed E-state index contributed by atoms with van der Waals surface area (Å²) in [6.07, 6.45) is 2.87. The molecule has 0 radical (unpaired) electrons. The highest BCUT2D eigenvalue weighted by Crippen LogP contribution is 2.26. The maximum atomic E-state index is 6.06. The summed E-state index contributed by atoms with van der Waals surface area (Å²) in [6, 6.07) is 8.61. The number of benzene rings is 1. The average Bonchev–Trinajstić information content (AvgIpc) is 3.10. The molecule has 98 valence electrons. The fourth-order valence-corrected chi connectivity index (χ4v) is 2.24. The van der Waals surface area contributed by atoms with Crippen LogP contribution in [0.3, 0.4) is 0 Å². The molecule has 0 bridgehead atoms. The number of nitrogens with one attached hydrogen (secondary N) is 1. The Bertz CT molecular complexity index is 405. The van der Waals surface area contributed by atoms with Crippen molar-refractivity contribution in [1.82, 2.24) is 5.32 Å². The van der Waals surface area contributed by atoms with Gasteiger partial charge in [0.15, 0.2) is 0 Å². The van der Waals surface area contributed by atoms with Crippen molar-refractivity contribution in [3.8, 4) is 0 Å². The lowest BCUT2D eigenvalue weighted by Crippen LogP contribution is -2.39. The molecule has 3 rings (SSSR count). The number of rotatable bonds is 6. The molecule has 2 fully saturated rings. The highest BCUT2D eigenvalue weighted by atomic mass is 35.5. The average molecular weight is 268 g/mol. The van der Waals surface area contributed by atoms with Gasteiger partial charge >= 0.3 is 0 Å². The quantitative estimate of drug-likeness (QED) is 0.859. The fourth-order valence-electron chi connectivity index (χ4n) is 2.04. The second kappa shape index (κ2) is 5.57. The third-order valence-corrected chi connectivity index (χ3v) is 3.59. The first-order valence-corrected chi connectivity index (χ1v) is 6.91. The van der Waals surface area contributed by atoms with Crippen molar-refractivity contribution in [3.63, 3.8) is 0 Å². The van der Waals surface area contributed by atoms with E-state index >= 15 is 0 Å². The molecule has 1 saturated heterocycles. The first-order valence-electron chi connectivity index (χ1n) is 6.53. The van der Waals surface area contributed by atoms with Crippen LogP contribution in [0.2, 0.25) is 5.02 Å². The SMILES string of the molecule is Clc1cccc(C(CNC2CC2)OC2COC2)c1. The molecule has 1 atom stereocenters. The van der Waals surface area contributed by atoms with Gasteiger partial charge in [-0.1, -0.05) is 23.7 Å². The molecule has 0 amide bonds. The van der Waals surface area contributed by atoms with Crippen LogP contribution in [0.4, 0.5) is 0 Å². The van der Waals surface area contributed by atoms with E-state index in [1.165, 1.54) is 12.8 Å². The molecule has 1 N–H and O–H groups in total. The Hall–Kier alpha value is -0.610. The van der Waals surface area contributed by atoms with Crippen molar-refractivity contribution in [3.05, 3.63) is 34.9 Å². The molecule has 1 aliphatic carbocycles. The van der Waals surface area contributed by atoms with Gasteiger partial charge in [0.25, 0.3) is 0 Å². The molecule has 1 heterocycles. The van der Waals surface area contributed by atoms with E-state index in [4.69, 9.17) is 21.1 Å². The number of hydrogen-bond donors (Lipinski definition) is 1. The first-order chi connectivity index (χ1) is 8.81. The van der Waals surface area contributed by atoms with Crippen LogP contribution in [-0.2, 0) is 9.47 Å². The van der Waals surface area contributed by atoms with Crippen molar-refractivity contribution in [2.24, 2.45) is 0 Å². The van der Waals surface area contributed by atoms with Gasteiger partial charge < -0.3 is 14.8 Å². The molecule has 1 aromatic rings. The lowest BCUT2D eigenvalue weighted by atomic mass is 10.1. The Labute approximate surface area is 112 Å². The molecule has 2 aliphatic rings. The van der Waals surface area contributed by atoms with Crippen LogP contribution >= 0.6 is 11.6 Å². The highest BCUT2D eigenvalue weighted by Gasteiger charge is 2.27. The summed E-state index contributed by atoms with van der Waals surface area (Å²) in [5.74, 6) is 0. The zero-order valence-corrected chi connectivity index (χ0v) is 11.0. The van der Waals surface area contributed by atoms with Crippen molar-refractivity contribution >= 4 is 11.6 Å². The van der Waals surface area contributed by atoms with Gasteiger partial charge in [0.1, 0.15) is 6.10 Å². The Morgan fingerprint density at radius 2 is 2.22 bits per heavy atom. The molecular weight excluding hydrogens is 250 g/mol. The molecule has 1 unspecified atom stereocenters. The van der Waals surface area contributed by atoms with Crippen LogP contribution in [0, 0.1) is 0 Å². The van der Waals surface area contributed by atoms with E-state index in [-0.39, 0.29) is 12.2 Å². The van der Waals surface area contributed by atoms with Crippen LogP contribution in [0.25, 0.3) is 0 Å². The molecule has 18 heavy (non-hydrogen) atoms. The van der Waals surface area contributed by atoms with Crippen molar-refractivity contribution < 1.29 is 9.47 Å². The Kier molecular flexibility index (Phi) is 3.85. The van der Waals surface area contributed by atoms with Gasteiger partial charge in [-0.25, -0.2) is 0 Å². The van der Waals surface area contributed by atoms with Crippen molar-refractivity contribution in [2.75, 3.05) is 19.8 Å². The lowest BCUT2D eigenvalue weighted by Gasteiger charge is -2.31. The Morgan fingerprint density at radius 1 is 1.39 bits per heavy atom. The van der Waals surface area contributed by atoms with Crippen LogP contribution < -0.4 is 5.32 Å². The summed E-state index contributed by atoms with van der Waals surface area (Å²) in [5, 5.41) is 4.28. The van der Waals surface area contributed by atoms with E-state index in [0.717, 1.165) is 17.1 Å². The fraction of sp³-hybridized carbons (Fsp3) is 0.571. The van der Waals surface area contributed by atoms with Gasteiger partial charge in [-0.3, -0.25) is 0 Å². The summed E-state index contributed by atoms with van der Waals surface area (Å²) in [5.41, 5.74) is 1.14. The minimum Gasteiger partial charge on any atom is -0.376 e. The number of hydrogen-bond acceptors (Lipinski definition) is 3. The summed E-state index contributed by atoms with van der Waals surface area (Å²) in [7, 11) is 0. The maximum absolute atomic E-state index is 6.06. The minimum atomic E-state index is 0.0678. The minimum absolute atomic E-state index is 0.0678. The molecule has 0 spiro atoms. The second-order valence-corrected chi connectivity index (χ2v) is 5.46. The third kappa shape index (κ3) is 3.23. The van der Waals surface area contributed by atoms with Gasteiger partial charge in [-0.05, 0) is 30.5 Å². The van der Waals surface area contributed by atoms with E-state index in [1.807, 2.05) is 18.2 Å². The number of ether oxygens (including phenoxy) is 2. The van der Waals surface area contributed by atoms with E-state index < -0.39 is 0 Å². The molecule has 1 aliphatic heterocycles. The zero-order chi connectivity index (χ0) is 12.4. The lowest BCUT2D eigenvalue weighted by molar-refractivity contribution is -0.155. The van der Waals surface area contributed by atoms with Crippen LogP contribution in [0.1, 0.15) is 24.5 Å². The molecule has 4 heteroatoms. The van der Waals surface area contributed by atoms with Crippen molar-refractivity contribution in [1.29, 1.82) is 0 Å². The topological polar surface area (TPSA) is 30.5 Å². The zero-order valence-electron chi connectivity index (χ0n) is 10.3. The van der Waals surface area contributed by atoms with E-state index in [9.17, 15) is 0 Å². The van der Waals surface area contributed by atoms with Gasteiger partial charge in [-0.2, -0.15) is 0 Å². The Morgan fingerprint density at radius 3 is 2.83 bits per heavy atom. The summed E-state index contributed by atoms with van der Waals surface area (Å²) < 4.78 is 11.2. The van der Waals surface area contributed by atoms with Crippen LogP contribution in [-0.4, -0.2) is 31.9 Å². The highest BCUT2D eigenvalue weighted by molar-refractivity contribution is 6.30. The summed E-state index contributed by atoms with van der Waals surface area (Å²) in [6.45, 7) is 2.27. The Balaban J connectivity index is 1.65. The molecule has 3 nitrogen and oxygen atoms in total. The monoisotopic (exact) mass is 267 g/mol. The van der Waals surface area contributed by atoms with Crippen LogP contribution in [0.5, 0.6) is 0 Å². The molecule has 1 aromatic carbocycles. The summed E-state index contributed by atoms with van der Waals surface area (Å²) >= 11 is 6.05. The predicted octanol–water partition coefficient (Wildman–Crippen LogP) is 2.55. The first kappa shape index (κ1) is 12.4. The largest absolute Gasteiger partial charge is 0.376 e. The van der Waals surface area contributed by atoms with Crippen molar-refractivity contribution in [2.45, 2.75) is 31.1 Å². The van der Waals surface area contributed by atoms with E-state index in [2.05, 4.69) is 11.4 Å². The summed E-state index contributed by atoms with van der Waals surface area (Å²) in [4.78, 5) is 0. The second-order valence-electron chi connectivity index (χ2n) is 5.02. The predicted molar refractivity (Wildman–Crippen MR) is 70.9 cm³/mol.